The van der Waals surface area contributed by atoms with Crippen molar-refractivity contribution in [3.63, 3.8) is 0 Å². The predicted molar refractivity (Wildman–Crippen MR) is 75.6 cm³/mol. The Morgan fingerprint density at radius 3 is 2.79 bits per heavy atom. The second-order valence-electron chi connectivity index (χ2n) is 5.96. The number of carbonyl (C=O) groups is 1. The molecule has 1 spiro atoms. The Balaban J connectivity index is 1.76. The summed E-state index contributed by atoms with van der Waals surface area (Å²) in [6.07, 6.45) is 2.87. The standard InChI is InChI=1S/C15H16BrNO2/c16-11-1-2-12-13(18)8-15(19-14(12)7-11)9-17-5-3-10(15)4-6-17/h1-2,7,10H,3-6,8-9H2/t15-/m1/s1. The quantitative estimate of drug-likeness (QED) is 0.736. The molecular weight excluding hydrogens is 306 g/mol. The third-order valence-corrected chi connectivity index (χ3v) is 5.33. The molecule has 0 unspecified atom stereocenters. The van der Waals surface area contributed by atoms with E-state index in [1.54, 1.807) is 0 Å². The molecule has 3 fully saturated rings. The molecule has 5 rings (SSSR count). The summed E-state index contributed by atoms with van der Waals surface area (Å²) in [7, 11) is 0. The first-order valence-electron chi connectivity index (χ1n) is 6.90. The van der Waals surface area contributed by atoms with Crippen LogP contribution in [0.3, 0.4) is 0 Å². The van der Waals surface area contributed by atoms with Crippen LogP contribution in [-0.2, 0) is 0 Å². The molecule has 0 radical (unpaired) electrons. The second kappa shape index (κ2) is 4.06. The van der Waals surface area contributed by atoms with Gasteiger partial charge in [0.2, 0.25) is 0 Å². The predicted octanol–water partition coefficient (Wildman–Crippen LogP) is 2.88. The Bertz CT molecular complexity index is 551. The highest BCUT2D eigenvalue weighted by molar-refractivity contribution is 9.10. The number of hydrogen-bond acceptors (Lipinski definition) is 3. The molecule has 2 bridgehead atoms. The van der Waals surface area contributed by atoms with Crippen molar-refractivity contribution in [2.75, 3.05) is 19.6 Å². The van der Waals surface area contributed by atoms with Crippen LogP contribution in [0, 0.1) is 5.92 Å². The highest BCUT2D eigenvalue weighted by atomic mass is 79.9. The average Bonchev–Trinajstić information content (AvgIpc) is 2.39. The average molecular weight is 322 g/mol. The fourth-order valence-electron chi connectivity index (χ4n) is 3.87. The van der Waals surface area contributed by atoms with E-state index in [1.807, 2.05) is 18.2 Å². The van der Waals surface area contributed by atoms with E-state index in [4.69, 9.17) is 4.74 Å². The summed E-state index contributed by atoms with van der Waals surface area (Å²) in [5.74, 6) is 1.54. The summed E-state index contributed by atoms with van der Waals surface area (Å²) in [6.45, 7) is 3.24. The van der Waals surface area contributed by atoms with Crippen LogP contribution < -0.4 is 4.74 Å². The lowest BCUT2D eigenvalue weighted by atomic mass is 9.71. The van der Waals surface area contributed by atoms with E-state index in [9.17, 15) is 4.79 Å². The number of halogens is 1. The van der Waals surface area contributed by atoms with Crippen LogP contribution in [-0.4, -0.2) is 35.9 Å². The minimum Gasteiger partial charge on any atom is -0.484 e. The molecule has 4 aliphatic rings. The zero-order valence-corrected chi connectivity index (χ0v) is 12.3. The fraction of sp³-hybridized carbons (Fsp3) is 0.533. The molecule has 1 atom stereocenters. The number of piperidine rings is 3. The van der Waals surface area contributed by atoms with Gasteiger partial charge in [0.05, 0.1) is 12.0 Å². The van der Waals surface area contributed by atoms with Crippen LogP contribution in [0.4, 0.5) is 0 Å². The lowest BCUT2D eigenvalue weighted by molar-refractivity contribution is -0.0959. The lowest BCUT2D eigenvalue weighted by Crippen LogP contribution is -2.63. The van der Waals surface area contributed by atoms with Gasteiger partial charge < -0.3 is 4.74 Å². The number of benzene rings is 1. The van der Waals surface area contributed by atoms with Gasteiger partial charge in [0.15, 0.2) is 5.78 Å². The molecule has 3 nitrogen and oxygen atoms in total. The van der Waals surface area contributed by atoms with Crippen LogP contribution in [0.25, 0.3) is 0 Å². The Hall–Kier alpha value is -0.870. The number of hydrogen-bond donors (Lipinski definition) is 0. The maximum atomic E-state index is 12.4. The van der Waals surface area contributed by atoms with Crippen LogP contribution in [0.1, 0.15) is 29.6 Å². The molecule has 0 amide bonds. The number of carbonyl (C=O) groups excluding carboxylic acids is 1. The Morgan fingerprint density at radius 2 is 2.11 bits per heavy atom. The molecule has 100 valence electrons. The van der Waals surface area contributed by atoms with Crippen molar-refractivity contribution in [3.05, 3.63) is 28.2 Å². The molecule has 1 aromatic carbocycles. The van der Waals surface area contributed by atoms with Crippen LogP contribution in [0.2, 0.25) is 0 Å². The van der Waals surface area contributed by atoms with Gasteiger partial charge in [-0.05, 0) is 44.1 Å². The largest absolute Gasteiger partial charge is 0.484 e. The van der Waals surface area contributed by atoms with Gasteiger partial charge in [-0.25, -0.2) is 0 Å². The first-order valence-corrected chi connectivity index (χ1v) is 7.70. The molecule has 3 saturated heterocycles. The van der Waals surface area contributed by atoms with Gasteiger partial charge in [-0.2, -0.15) is 0 Å². The summed E-state index contributed by atoms with van der Waals surface area (Å²) in [6, 6.07) is 5.72. The first-order chi connectivity index (χ1) is 9.16. The molecule has 4 heteroatoms. The van der Waals surface area contributed by atoms with E-state index in [1.165, 1.54) is 0 Å². The van der Waals surface area contributed by atoms with Gasteiger partial charge in [0.1, 0.15) is 11.4 Å². The molecule has 0 aliphatic carbocycles. The topological polar surface area (TPSA) is 29.5 Å². The third-order valence-electron chi connectivity index (χ3n) is 4.84. The summed E-state index contributed by atoms with van der Waals surface area (Å²) in [4.78, 5) is 14.9. The number of ether oxygens (including phenoxy) is 1. The number of ketones is 1. The number of rotatable bonds is 0. The van der Waals surface area contributed by atoms with E-state index in [0.717, 1.165) is 48.3 Å². The van der Waals surface area contributed by atoms with Gasteiger partial charge >= 0.3 is 0 Å². The molecule has 0 aromatic heterocycles. The number of Topliss-reactive ketones (excluding diaryl/α,β-unsaturated/α-hetero) is 1. The smallest absolute Gasteiger partial charge is 0.170 e. The third kappa shape index (κ3) is 1.77. The molecule has 0 saturated carbocycles. The summed E-state index contributed by atoms with van der Waals surface area (Å²) < 4.78 is 7.32. The van der Waals surface area contributed by atoms with Crippen molar-refractivity contribution in [1.82, 2.24) is 4.90 Å². The molecule has 4 aliphatic heterocycles. The number of nitrogens with zero attached hydrogens (tertiary/aromatic N) is 1. The van der Waals surface area contributed by atoms with Crippen molar-refractivity contribution < 1.29 is 9.53 Å². The summed E-state index contributed by atoms with van der Waals surface area (Å²) in [5, 5.41) is 0. The van der Waals surface area contributed by atoms with Gasteiger partial charge in [-0.3, -0.25) is 9.69 Å². The minimum atomic E-state index is -0.263. The van der Waals surface area contributed by atoms with Crippen LogP contribution in [0.15, 0.2) is 22.7 Å². The molecule has 19 heavy (non-hydrogen) atoms. The maximum Gasteiger partial charge on any atom is 0.170 e. The molecule has 4 heterocycles. The van der Waals surface area contributed by atoms with Gasteiger partial charge in [0, 0.05) is 16.9 Å². The van der Waals surface area contributed by atoms with Crippen LogP contribution in [0.5, 0.6) is 5.75 Å². The summed E-state index contributed by atoms with van der Waals surface area (Å²) >= 11 is 3.46. The van der Waals surface area contributed by atoms with E-state index < -0.39 is 0 Å². The number of fused-ring (bicyclic) bond motifs is 3. The van der Waals surface area contributed by atoms with Gasteiger partial charge in [-0.1, -0.05) is 15.9 Å². The fourth-order valence-corrected chi connectivity index (χ4v) is 4.21. The molecule has 1 aromatic rings. The SMILES string of the molecule is O=C1C[C@]2(CN3CCC2CC3)Oc2cc(Br)ccc21. The Morgan fingerprint density at radius 1 is 1.32 bits per heavy atom. The van der Waals surface area contributed by atoms with E-state index in [0.29, 0.717) is 12.3 Å². The lowest BCUT2D eigenvalue weighted by Gasteiger charge is -2.54. The van der Waals surface area contributed by atoms with E-state index >= 15 is 0 Å². The molecular formula is C15H16BrNO2. The first kappa shape index (κ1) is 11.9. The van der Waals surface area contributed by atoms with Crippen molar-refractivity contribution >= 4 is 21.7 Å². The Labute approximate surface area is 121 Å². The molecule has 0 N–H and O–H groups in total. The zero-order chi connectivity index (χ0) is 13.0. The van der Waals surface area contributed by atoms with Crippen molar-refractivity contribution in [1.29, 1.82) is 0 Å². The van der Waals surface area contributed by atoms with Gasteiger partial charge in [0.25, 0.3) is 0 Å². The highest BCUT2D eigenvalue weighted by Gasteiger charge is 2.52. The minimum absolute atomic E-state index is 0.238. The van der Waals surface area contributed by atoms with E-state index in [-0.39, 0.29) is 11.4 Å². The highest BCUT2D eigenvalue weighted by Crippen LogP contribution is 2.45. The van der Waals surface area contributed by atoms with Crippen molar-refractivity contribution in [3.8, 4) is 5.75 Å². The normalized spacial score (nSPS) is 36.2. The van der Waals surface area contributed by atoms with Crippen molar-refractivity contribution in [2.24, 2.45) is 5.92 Å². The summed E-state index contributed by atoms with van der Waals surface area (Å²) in [5.41, 5.74) is 0.478. The van der Waals surface area contributed by atoms with Crippen molar-refractivity contribution in [2.45, 2.75) is 24.9 Å². The maximum absolute atomic E-state index is 12.4. The van der Waals surface area contributed by atoms with E-state index in [2.05, 4.69) is 20.8 Å². The second-order valence-corrected chi connectivity index (χ2v) is 6.87. The Kier molecular flexibility index (Phi) is 2.55. The van der Waals surface area contributed by atoms with Crippen LogP contribution >= 0.6 is 15.9 Å². The zero-order valence-electron chi connectivity index (χ0n) is 10.7. The monoisotopic (exact) mass is 321 g/mol. The van der Waals surface area contributed by atoms with Gasteiger partial charge in [-0.15, -0.1) is 0 Å².